The van der Waals surface area contributed by atoms with Crippen LogP contribution in [0.2, 0.25) is 0 Å². The van der Waals surface area contributed by atoms with Crippen molar-refractivity contribution < 1.29 is 4.74 Å². The summed E-state index contributed by atoms with van der Waals surface area (Å²) in [5.74, 6) is 1.69. The van der Waals surface area contributed by atoms with Crippen LogP contribution in [0, 0.1) is 0 Å². The summed E-state index contributed by atoms with van der Waals surface area (Å²) in [4.78, 5) is 8.93. The standard InChI is InChI=1S/C19H28N4OS/c1-19(2,3)16-14-25-17(23-16)13-22-18(20-4)21-11-8-12-24-15-9-6-5-7-10-15/h5-7,9-10,14H,8,11-13H2,1-4H3,(H2,20,21,22). The van der Waals surface area contributed by atoms with Crippen LogP contribution in [0.3, 0.4) is 0 Å². The Labute approximate surface area is 154 Å². The largest absolute Gasteiger partial charge is 0.494 e. The summed E-state index contributed by atoms with van der Waals surface area (Å²) in [6.45, 7) is 8.69. The van der Waals surface area contributed by atoms with Gasteiger partial charge in [-0.3, -0.25) is 4.99 Å². The molecule has 25 heavy (non-hydrogen) atoms. The van der Waals surface area contributed by atoms with E-state index < -0.39 is 0 Å². The van der Waals surface area contributed by atoms with Crippen molar-refractivity contribution in [3.8, 4) is 5.75 Å². The molecule has 0 radical (unpaired) electrons. The van der Waals surface area contributed by atoms with Crippen LogP contribution < -0.4 is 15.4 Å². The first-order valence-electron chi connectivity index (χ1n) is 8.56. The molecule has 0 bridgehead atoms. The maximum absolute atomic E-state index is 5.68. The average Bonchev–Trinajstić information content (AvgIpc) is 3.07. The van der Waals surface area contributed by atoms with Crippen LogP contribution >= 0.6 is 11.3 Å². The molecule has 0 aliphatic rings. The van der Waals surface area contributed by atoms with Gasteiger partial charge >= 0.3 is 0 Å². The van der Waals surface area contributed by atoms with Crippen LogP contribution in [-0.2, 0) is 12.0 Å². The second kappa shape index (κ2) is 9.42. The number of nitrogens with zero attached hydrogens (tertiary/aromatic N) is 2. The van der Waals surface area contributed by atoms with Gasteiger partial charge in [-0.25, -0.2) is 4.98 Å². The van der Waals surface area contributed by atoms with Crippen molar-refractivity contribution in [1.82, 2.24) is 15.6 Å². The minimum absolute atomic E-state index is 0.0907. The first kappa shape index (κ1) is 19.2. The molecule has 2 rings (SSSR count). The first-order valence-corrected chi connectivity index (χ1v) is 9.44. The molecular formula is C19H28N4OS. The molecule has 1 heterocycles. The van der Waals surface area contributed by atoms with Crippen LogP contribution in [0.1, 0.15) is 37.9 Å². The summed E-state index contributed by atoms with van der Waals surface area (Å²) in [5.41, 5.74) is 1.23. The zero-order chi connectivity index (χ0) is 18.1. The third kappa shape index (κ3) is 6.74. The van der Waals surface area contributed by atoms with E-state index in [9.17, 15) is 0 Å². The molecule has 2 N–H and O–H groups in total. The number of guanidine groups is 1. The Balaban J connectivity index is 1.66. The summed E-state index contributed by atoms with van der Waals surface area (Å²) in [6, 6.07) is 9.87. The highest BCUT2D eigenvalue weighted by molar-refractivity contribution is 7.09. The summed E-state index contributed by atoms with van der Waals surface area (Å²) in [6.07, 6.45) is 0.904. The molecule has 1 aromatic heterocycles. The van der Waals surface area contributed by atoms with Gasteiger partial charge in [0.05, 0.1) is 18.8 Å². The smallest absolute Gasteiger partial charge is 0.191 e. The lowest BCUT2D eigenvalue weighted by molar-refractivity contribution is 0.311. The van der Waals surface area contributed by atoms with Gasteiger partial charge in [0.25, 0.3) is 0 Å². The van der Waals surface area contributed by atoms with E-state index in [0.717, 1.165) is 35.4 Å². The number of aliphatic imine (C=N–C) groups is 1. The maximum atomic E-state index is 5.68. The fourth-order valence-electron chi connectivity index (χ4n) is 2.10. The predicted octanol–water partition coefficient (Wildman–Crippen LogP) is 3.57. The minimum atomic E-state index is 0.0907. The number of hydrogen-bond donors (Lipinski definition) is 2. The van der Waals surface area contributed by atoms with Crippen molar-refractivity contribution in [2.24, 2.45) is 4.99 Å². The lowest BCUT2D eigenvalue weighted by Gasteiger charge is -2.14. The number of nitrogens with one attached hydrogen (secondary N) is 2. The highest BCUT2D eigenvalue weighted by Crippen LogP contribution is 2.23. The molecular weight excluding hydrogens is 332 g/mol. The molecule has 0 aliphatic heterocycles. The van der Waals surface area contributed by atoms with Crippen molar-refractivity contribution in [2.45, 2.75) is 39.2 Å². The SMILES string of the molecule is CN=C(NCCCOc1ccccc1)NCc1nc(C(C)(C)C)cs1. The Hall–Kier alpha value is -2.08. The van der Waals surface area contributed by atoms with Crippen molar-refractivity contribution in [2.75, 3.05) is 20.2 Å². The van der Waals surface area contributed by atoms with E-state index in [1.807, 2.05) is 30.3 Å². The van der Waals surface area contributed by atoms with Gasteiger partial charge in [-0.15, -0.1) is 11.3 Å². The molecule has 0 amide bonds. The minimum Gasteiger partial charge on any atom is -0.494 e. The van der Waals surface area contributed by atoms with Gasteiger partial charge in [0.1, 0.15) is 10.8 Å². The van der Waals surface area contributed by atoms with Crippen molar-refractivity contribution >= 4 is 17.3 Å². The van der Waals surface area contributed by atoms with Crippen LogP contribution in [0.5, 0.6) is 5.75 Å². The lowest BCUT2D eigenvalue weighted by atomic mass is 9.93. The predicted molar refractivity (Wildman–Crippen MR) is 106 cm³/mol. The summed E-state index contributed by atoms with van der Waals surface area (Å²) >= 11 is 1.68. The van der Waals surface area contributed by atoms with Gasteiger partial charge in [0, 0.05) is 24.4 Å². The van der Waals surface area contributed by atoms with E-state index >= 15 is 0 Å². The Morgan fingerprint density at radius 1 is 1.20 bits per heavy atom. The maximum Gasteiger partial charge on any atom is 0.191 e. The summed E-state index contributed by atoms with van der Waals surface area (Å²) < 4.78 is 5.68. The third-order valence-corrected chi connectivity index (χ3v) is 4.43. The van der Waals surface area contributed by atoms with Crippen molar-refractivity contribution in [3.63, 3.8) is 0 Å². The van der Waals surface area contributed by atoms with Crippen LogP contribution in [0.15, 0.2) is 40.7 Å². The fraction of sp³-hybridized carbons (Fsp3) is 0.474. The highest BCUT2D eigenvalue weighted by atomic mass is 32.1. The second-order valence-electron chi connectivity index (χ2n) is 6.74. The number of para-hydroxylation sites is 1. The molecule has 1 aromatic carbocycles. The monoisotopic (exact) mass is 360 g/mol. The molecule has 6 heteroatoms. The zero-order valence-corrected chi connectivity index (χ0v) is 16.3. The number of benzene rings is 1. The third-order valence-electron chi connectivity index (χ3n) is 3.58. The van der Waals surface area contributed by atoms with Crippen LogP contribution in [-0.4, -0.2) is 31.1 Å². The number of aromatic nitrogens is 1. The number of rotatable bonds is 7. The van der Waals surface area contributed by atoms with Gasteiger partial charge in [0.15, 0.2) is 5.96 Å². The summed E-state index contributed by atoms with van der Waals surface area (Å²) in [7, 11) is 1.78. The molecule has 2 aromatic rings. The average molecular weight is 361 g/mol. The Morgan fingerprint density at radius 3 is 2.60 bits per heavy atom. The zero-order valence-electron chi connectivity index (χ0n) is 15.5. The highest BCUT2D eigenvalue weighted by Gasteiger charge is 2.17. The quantitative estimate of drug-likeness (QED) is 0.450. The molecule has 0 saturated heterocycles. The molecule has 136 valence electrons. The molecule has 0 spiro atoms. The molecule has 0 fully saturated rings. The van der Waals surface area contributed by atoms with Gasteiger partial charge in [-0.2, -0.15) is 0 Å². The normalized spacial score (nSPS) is 12.1. The lowest BCUT2D eigenvalue weighted by Crippen LogP contribution is -2.37. The van der Waals surface area contributed by atoms with Crippen LogP contribution in [0.25, 0.3) is 0 Å². The number of hydrogen-bond acceptors (Lipinski definition) is 4. The summed E-state index contributed by atoms with van der Waals surface area (Å²) in [5, 5.41) is 9.81. The van der Waals surface area contributed by atoms with E-state index in [-0.39, 0.29) is 5.41 Å². The fourth-order valence-corrected chi connectivity index (χ4v) is 3.06. The molecule has 0 saturated carbocycles. The van der Waals surface area contributed by atoms with Crippen molar-refractivity contribution in [1.29, 1.82) is 0 Å². The van der Waals surface area contributed by atoms with E-state index in [0.29, 0.717) is 13.2 Å². The number of thiazole rings is 1. The van der Waals surface area contributed by atoms with Gasteiger partial charge in [-0.05, 0) is 18.6 Å². The van der Waals surface area contributed by atoms with Crippen molar-refractivity contribution in [3.05, 3.63) is 46.4 Å². The van der Waals surface area contributed by atoms with E-state index in [1.165, 1.54) is 0 Å². The van der Waals surface area contributed by atoms with E-state index in [2.05, 4.69) is 46.8 Å². The molecule has 0 aliphatic carbocycles. The van der Waals surface area contributed by atoms with Gasteiger partial charge < -0.3 is 15.4 Å². The molecule has 5 nitrogen and oxygen atoms in total. The molecule has 0 atom stereocenters. The van der Waals surface area contributed by atoms with Gasteiger partial charge in [-0.1, -0.05) is 39.0 Å². The topological polar surface area (TPSA) is 58.5 Å². The molecule has 0 unspecified atom stereocenters. The Kier molecular flexibility index (Phi) is 7.25. The van der Waals surface area contributed by atoms with E-state index in [4.69, 9.17) is 4.74 Å². The Bertz CT molecular complexity index is 662. The number of ether oxygens (including phenoxy) is 1. The van der Waals surface area contributed by atoms with Crippen LogP contribution in [0.4, 0.5) is 0 Å². The second-order valence-corrected chi connectivity index (χ2v) is 7.69. The Morgan fingerprint density at radius 2 is 1.96 bits per heavy atom. The van der Waals surface area contributed by atoms with E-state index in [1.54, 1.807) is 18.4 Å². The first-order chi connectivity index (χ1) is 12.0. The van der Waals surface area contributed by atoms with Gasteiger partial charge in [0.2, 0.25) is 0 Å².